The zero-order valence-electron chi connectivity index (χ0n) is 12.0. The summed E-state index contributed by atoms with van der Waals surface area (Å²) in [6, 6.07) is 6.98. The molecule has 114 valence electrons. The van der Waals surface area contributed by atoms with E-state index in [9.17, 15) is 5.11 Å². The smallest absolute Gasteiger partial charge is 0.224 e. The lowest BCUT2D eigenvalue weighted by Gasteiger charge is -2.10. The predicted octanol–water partition coefficient (Wildman–Crippen LogP) is 2.74. The first kappa shape index (κ1) is 13.7. The molecule has 23 heavy (non-hydrogen) atoms. The Morgan fingerprint density at radius 1 is 1.22 bits per heavy atom. The van der Waals surface area contributed by atoms with Crippen LogP contribution in [-0.2, 0) is 0 Å². The summed E-state index contributed by atoms with van der Waals surface area (Å²) in [4.78, 5) is 8.68. The Kier molecular flexibility index (Phi) is 3.02. The van der Waals surface area contributed by atoms with Crippen LogP contribution in [0.1, 0.15) is 0 Å². The SMILES string of the molecule is CNc1ncc2cc(-c3cccc(O)c3Cl)c3nncn3c2n1. The quantitative estimate of drug-likeness (QED) is 0.589. The lowest BCUT2D eigenvalue weighted by Crippen LogP contribution is -2.00. The Bertz CT molecular complexity index is 1040. The highest BCUT2D eigenvalue weighted by atomic mass is 35.5. The van der Waals surface area contributed by atoms with Crippen molar-refractivity contribution in [3.63, 3.8) is 0 Å². The van der Waals surface area contributed by atoms with Crippen molar-refractivity contribution >= 4 is 34.2 Å². The highest BCUT2D eigenvalue weighted by Crippen LogP contribution is 2.37. The fourth-order valence-corrected chi connectivity index (χ4v) is 2.74. The van der Waals surface area contributed by atoms with Crippen LogP contribution in [0.15, 0.2) is 36.8 Å². The fourth-order valence-electron chi connectivity index (χ4n) is 2.52. The van der Waals surface area contributed by atoms with Crippen LogP contribution in [0.4, 0.5) is 5.95 Å². The topological polar surface area (TPSA) is 88.2 Å². The molecule has 0 unspecified atom stereocenters. The Balaban J connectivity index is 2.11. The van der Waals surface area contributed by atoms with Crippen molar-refractivity contribution in [1.29, 1.82) is 0 Å². The lowest BCUT2D eigenvalue weighted by atomic mass is 10.1. The molecule has 0 aliphatic carbocycles. The number of phenolic OH excluding ortho intramolecular Hbond substituents is 1. The van der Waals surface area contributed by atoms with Crippen molar-refractivity contribution in [1.82, 2.24) is 24.6 Å². The van der Waals surface area contributed by atoms with Gasteiger partial charge in [0.05, 0.1) is 5.02 Å². The molecule has 4 rings (SSSR count). The van der Waals surface area contributed by atoms with Crippen molar-refractivity contribution < 1.29 is 5.11 Å². The second-order valence-electron chi connectivity index (χ2n) is 4.94. The second kappa shape index (κ2) is 5.06. The van der Waals surface area contributed by atoms with E-state index in [1.807, 2.05) is 12.1 Å². The van der Waals surface area contributed by atoms with Gasteiger partial charge in [-0.3, -0.25) is 4.40 Å². The number of benzene rings is 1. The predicted molar refractivity (Wildman–Crippen MR) is 87.7 cm³/mol. The van der Waals surface area contributed by atoms with Crippen molar-refractivity contribution in [2.75, 3.05) is 12.4 Å². The van der Waals surface area contributed by atoms with Crippen LogP contribution in [0.2, 0.25) is 5.02 Å². The van der Waals surface area contributed by atoms with Crippen molar-refractivity contribution in [2.45, 2.75) is 0 Å². The third-order valence-electron chi connectivity index (χ3n) is 3.60. The molecular weight excluding hydrogens is 316 g/mol. The average Bonchev–Trinajstić information content (AvgIpc) is 3.06. The Morgan fingerprint density at radius 3 is 2.91 bits per heavy atom. The van der Waals surface area contributed by atoms with E-state index in [0.717, 1.165) is 10.9 Å². The van der Waals surface area contributed by atoms with Gasteiger partial charge in [-0.05, 0) is 12.1 Å². The number of hydrogen-bond donors (Lipinski definition) is 2. The largest absolute Gasteiger partial charge is 0.506 e. The number of anilines is 1. The lowest BCUT2D eigenvalue weighted by molar-refractivity contribution is 0.476. The molecule has 0 radical (unpaired) electrons. The maximum Gasteiger partial charge on any atom is 0.224 e. The van der Waals surface area contributed by atoms with Crippen LogP contribution in [-0.4, -0.2) is 36.7 Å². The third-order valence-corrected chi connectivity index (χ3v) is 4.00. The highest BCUT2D eigenvalue weighted by Gasteiger charge is 2.15. The Labute approximate surface area is 135 Å². The number of fused-ring (bicyclic) bond motifs is 3. The number of pyridine rings is 1. The van der Waals surface area contributed by atoms with Crippen LogP contribution in [0, 0.1) is 0 Å². The molecule has 0 fully saturated rings. The maximum absolute atomic E-state index is 9.86. The fraction of sp³-hybridized carbons (Fsp3) is 0.0667. The molecule has 4 aromatic rings. The Hall–Kier alpha value is -2.93. The van der Waals surface area contributed by atoms with Crippen molar-refractivity contribution in [3.05, 3.63) is 41.8 Å². The molecule has 0 aliphatic rings. The zero-order chi connectivity index (χ0) is 16.0. The summed E-state index contributed by atoms with van der Waals surface area (Å²) in [5.74, 6) is 0.527. The maximum atomic E-state index is 9.86. The van der Waals surface area contributed by atoms with E-state index in [0.29, 0.717) is 22.8 Å². The van der Waals surface area contributed by atoms with Gasteiger partial charge >= 0.3 is 0 Å². The van der Waals surface area contributed by atoms with E-state index in [1.165, 1.54) is 6.07 Å². The molecule has 3 aromatic heterocycles. The molecule has 0 saturated carbocycles. The molecular formula is C15H11ClN6O. The summed E-state index contributed by atoms with van der Waals surface area (Å²) in [6.07, 6.45) is 3.30. The van der Waals surface area contributed by atoms with E-state index in [1.54, 1.807) is 30.0 Å². The first-order valence-corrected chi connectivity index (χ1v) is 7.22. The molecule has 0 spiro atoms. The van der Waals surface area contributed by atoms with Gasteiger partial charge in [-0.1, -0.05) is 23.7 Å². The summed E-state index contributed by atoms with van der Waals surface area (Å²) < 4.78 is 1.77. The molecule has 7 nitrogen and oxygen atoms in total. The summed E-state index contributed by atoms with van der Waals surface area (Å²) >= 11 is 6.25. The summed E-state index contributed by atoms with van der Waals surface area (Å²) in [6.45, 7) is 0. The minimum atomic E-state index is 0.0173. The van der Waals surface area contributed by atoms with E-state index in [4.69, 9.17) is 11.6 Å². The molecule has 8 heteroatoms. The number of aromatic nitrogens is 5. The number of aromatic hydroxyl groups is 1. The first-order chi connectivity index (χ1) is 11.2. The normalized spacial score (nSPS) is 11.2. The third kappa shape index (κ3) is 2.05. The average molecular weight is 327 g/mol. The Morgan fingerprint density at radius 2 is 2.09 bits per heavy atom. The van der Waals surface area contributed by atoms with E-state index < -0.39 is 0 Å². The summed E-state index contributed by atoms with van der Waals surface area (Å²) in [5.41, 5.74) is 2.70. The summed E-state index contributed by atoms with van der Waals surface area (Å²) in [7, 11) is 1.76. The number of nitrogens with one attached hydrogen (secondary N) is 1. The number of hydrogen-bond acceptors (Lipinski definition) is 6. The number of phenols is 1. The minimum absolute atomic E-state index is 0.0173. The van der Waals surface area contributed by atoms with Gasteiger partial charge in [0.15, 0.2) is 11.3 Å². The minimum Gasteiger partial charge on any atom is -0.506 e. The van der Waals surface area contributed by atoms with Gasteiger partial charge in [0.25, 0.3) is 0 Å². The molecule has 0 bridgehead atoms. The molecule has 0 amide bonds. The first-order valence-electron chi connectivity index (χ1n) is 6.84. The molecule has 1 aromatic carbocycles. The molecule has 0 saturated heterocycles. The summed E-state index contributed by atoms with van der Waals surface area (Å²) in [5, 5.41) is 22.0. The van der Waals surface area contributed by atoms with E-state index in [-0.39, 0.29) is 10.8 Å². The van der Waals surface area contributed by atoms with Gasteiger partial charge in [-0.15, -0.1) is 10.2 Å². The van der Waals surface area contributed by atoms with Gasteiger partial charge in [0.2, 0.25) is 5.95 Å². The van der Waals surface area contributed by atoms with Crippen molar-refractivity contribution in [2.24, 2.45) is 0 Å². The van der Waals surface area contributed by atoms with Crippen LogP contribution < -0.4 is 5.32 Å². The van der Waals surface area contributed by atoms with Crippen LogP contribution in [0.3, 0.4) is 0 Å². The van der Waals surface area contributed by atoms with E-state index >= 15 is 0 Å². The van der Waals surface area contributed by atoms with Gasteiger partial charge < -0.3 is 10.4 Å². The number of nitrogens with zero attached hydrogens (tertiary/aromatic N) is 5. The van der Waals surface area contributed by atoms with Gasteiger partial charge in [-0.2, -0.15) is 4.98 Å². The van der Waals surface area contributed by atoms with Crippen LogP contribution in [0.5, 0.6) is 5.75 Å². The molecule has 0 atom stereocenters. The molecule has 3 heterocycles. The standard InChI is InChI=1S/C15H11ClN6O/c1-17-15-18-6-8-5-10(9-3-2-4-11(23)12(9)16)14-21-19-7-22(14)13(8)20-15/h2-7,23H,1H3,(H,17,18,20). The van der Waals surface area contributed by atoms with Crippen molar-refractivity contribution in [3.8, 4) is 16.9 Å². The molecule has 0 aliphatic heterocycles. The van der Waals surface area contributed by atoms with Crippen LogP contribution in [0.25, 0.3) is 27.8 Å². The van der Waals surface area contributed by atoms with Gasteiger partial charge in [0, 0.05) is 29.8 Å². The highest BCUT2D eigenvalue weighted by molar-refractivity contribution is 6.35. The molecule has 2 N–H and O–H groups in total. The zero-order valence-corrected chi connectivity index (χ0v) is 12.8. The number of rotatable bonds is 2. The van der Waals surface area contributed by atoms with Crippen LogP contribution >= 0.6 is 11.6 Å². The second-order valence-corrected chi connectivity index (χ2v) is 5.32. The van der Waals surface area contributed by atoms with Gasteiger partial charge in [-0.25, -0.2) is 4.98 Å². The number of halogens is 1. The van der Waals surface area contributed by atoms with E-state index in [2.05, 4.69) is 25.5 Å². The monoisotopic (exact) mass is 326 g/mol. The van der Waals surface area contributed by atoms with Gasteiger partial charge in [0.1, 0.15) is 12.1 Å².